The van der Waals surface area contributed by atoms with Gasteiger partial charge in [0.25, 0.3) is 6.43 Å². The minimum Gasteiger partial charge on any atom is -0.335 e. The van der Waals surface area contributed by atoms with E-state index in [1.54, 1.807) is 12.2 Å². The number of halogens is 5. The lowest BCUT2D eigenvalue weighted by atomic mass is 10.1. The molecule has 0 amide bonds. The van der Waals surface area contributed by atoms with Gasteiger partial charge in [0.2, 0.25) is 0 Å². The summed E-state index contributed by atoms with van der Waals surface area (Å²) in [4.78, 5) is 1.36. The van der Waals surface area contributed by atoms with Gasteiger partial charge in [0.05, 0.1) is 17.3 Å². The molecule has 0 fully saturated rings. The quantitative estimate of drug-likeness (QED) is 0.713. The highest BCUT2D eigenvalue weighted by molar-refractivity contribution is 9.12. The summed E-state index contributed by atoms with van der Waals surface area (Å²) in [6, 6.07) is 3.84. The maximum Gasteiger partial charge on any atom is 0.256 e. The summed E-state index contributed by atoms with van der Waals surface area (Å²) in [7, 11) is 0. The van der Waals surface area contributed by atoms with Crippen molar-refractivity contribution in [1.29, 1.82) is 0 Å². The molecule has 1 aromatic rings. The molecule has 1 heterocycles. The van der Waals surface area contributed by atoms with Crippen LogP contribution >= 0.6 is 27.5 Å². The van der Waals surface area contributed by atoms with Gasteiger partial charge in [-0.15, -0.1) is 0 Å². The third kappa shape index (κ3) is 3.10. The molecule has 0 aromatic heterocycles. The highest BCUT2D eigenvalue weighted by Gasteiger charge is 2.24. The van der Waals surface area contributed by atoms with E-state index < -0.39 is 18.8 Å². The Labute approximate surface area is 128 Å². The highest BCUT2D eigenvalue weighted by Crippen LogP contribution is 2.36. The maximum atomic E-state index is 13.1. The predicted molar refractivity (Wildman–Crippen MR) is 78.2 cm³/mol. The van der Waals surface area contributed by atoms with Crippen molar-refractivity contribution in [1.82, 2.24) is 4.90 Å². The molecule has 1 nitrogen and oxygen atoms in total. The second-order valence-corrected chi connectivity index (χ2v) is 5.40. The number of nitrogens with zero attached hydrogens (tertiary/aromatic N) is 1. The monoisotopic (exact) mass is 363 g/mol. The minimum atomic E-state index is -2.53. The number of allylic oxidation sites excluding steroid dienone is 3. The highest BCUT2D eigenvalue weighted by atomic mass is 79.9. The Bertz CT molecular complexity index is 610. The van der Waals surface area contributed by atoms with E-state index in [0.717, 1.165) is 6.07 Å². The van der Waals surface area contributed by atoms with E-state index in [-0.39, 0.29) is 5.02 Å². The molecule has 1 aliphatic rings. The van der Waals surface area contributed by atoms with Gasteiger partial charge in [-0.3, -0.25) is 0 Å². The van der Waals surface area contributed by atoms with E-state index >= 15 is 0 Å². The van der Waals surface area contributed by atoms with Crippen LogP contribution in [0.2, 0.25) is 5.02 Å². The Morgan fingerprint density at radius 3 is 2.60 bits per heavy atom. The molecule has 6 heteroatoms. The van der Waals surface area contributed by atoms with Crippen molar-refractivity contribution >= 4 is 33.2 Å². The van der Waals surface area contributed by atoms with E-state index in [2.05, 4.69) is 22.5 Å². The van der Waals surface area contributed by atoms with Crippen molar-refractivity contribution in [3.63, 3.8) is 0 Å². The average Bonchev–Trinajstić information content (AvgIpc) is 2.36. The first-order chi connectivity index (χ1) is 9.40. The van der Waals surface area contributed by atoms with Crippen LogP contribution in [0.1, 0.15) is 5.56 Å². The first-order valence-electron chi connectivity index (χ1n) is 5.68. The summed E-state index contributed by atoms with van der Waals surface area (Å²) in [6.45, 7) is 3.26. The second kappa shape index (κ2) is 6.06. The van der Waals surface area contributed by atoms with Gasteiger partial charge in [-0.1, -0.05) is 18.2 Å². The molecule has 0 saturated heterocycles. The summed E-state index contributed by atoms with van der Waals surface area (Å²) in [6.07, 6.45) is 0.798. The lowest BCUT2D eigenvalue weighted by Gasteiger charge is -2.31. The molecule has 0 spiro atoms. The zero-order valence-electron chi connectivity index (χ0n) is 10.2. The number of alkyl halides is 2. The van der Waals surface area contributed by atoms with Crippen molar-refractivity contribution in [2.75, 3.05) is 6.54 Å². The Morgan fingerprint density at radius 1 is 1.30 bits per heavy atom. The van der Waals surface area contributed by atoms with Crippen LogP contribution in [0.4, 0.5) is 13.2 Å². The van der Waals surface area contributed by atoms with Gasteiger partial charge in [0.15, 0.2) is 0 Å². The lowest BCUT2D eigenvalue weighted by Crippen LogP contribution is -2.28. The second-order valence-electron chi connectivity index (χ2n) is 4.14. The van der Waals surface area contributed by atoms with Crippen LogP contribution in [0, 0.1) is 5.82 Å². The van der Waals surface area contributed by atoms with E-state index in [1.807, 2.05) is 0 Å². The van der Waals surface area contributed by atoms with Gasteiger partial charge in [-0.25, -0.2) is 13.2 Å². The Balaban J connectivity index is 2.48. The van der Waals surface area contributed by atoms with Crippen molar-refractivity contribution < 1.29 is 13.2 Å². The number of benzene rings is 1. The van der Waals surface area contributed by atoms with Gasteiger partial charge in [0.1, 0.15) is 5.82 Å². The zero-order chi connectivity index (χ0) is 14.9. The summed E-state index contributed by atoms with van der Waals surface area (Å²) >= 11 is 9.24. The van der Waals surface area contributed by atoms with Crippen molar-refractivity contribution in [3.8, 4) is 0 Å². The fraction of sp³-hybridized carbons (Fsp3) is 0.143. The van der Waals surface area contributed by atoms with Crippen LogP contribution in [-0.4, -0.2) is 17.9 Å². The lowest BCUT2D eigenvalue weighted by molar-refractivity contribution is 0.123. The molecule has 0 N–H and O–H groups in total. The van der Waals surface area contributed by atoms with Crippen molar-refractivity contribution in [3.05, 3.63) is 63.5 Å². The van der Waals surface area contributed by atoms with Crippen LogP contribution in [0.5, 0.6) is 0 Å². The number of rotatable bonds is 3. The molecule has 0 saturated carbocycles. The molecular formula is C14H10BrClF3N. The van der Waals surface area contributed by atoms with Gasteiger partial charge < -0.3 is 4.90 Å². The van der Waals surface area contributed by atoms with Crippen molar-refractivity contribution in [2.45, 2.75) is 6.43 Å². The molecular weight excluding hydrogens is 355 g/mol. The van der Waals surface area contributed by atoms with Crippen LogP contribution in [-0.2, 0) is 0 Å². The summed E-state index contributed by atoms with van der Waals surface area (Å²) in [5.41, 5.74) is 1.35. The van der Waals surface area contributed by atoms with Crippen LogP contribution < -0.4 is 0 Å². The fourth-order valence-electron chi connectivity index (χ4n) is 1.89. The standard InChI is InChI=1S/C14H10BrClF3N/c1-8-11(15)4-5-13(20(8)7-14(18)19)10-3-2-9(17)6-12(10)16/h2-6,14H,1,7H2. The van der Waals surface area contributed by atoms with E-state index in [1.165, 1.54) is 17.0 Å². The normalized spacial score (nSPS) is 15.5. The maximum absolute atomic E-state index is 13.1. The SMILES string of the molecule is C=C1C(Br)=CC=C(c2ccc(F)cc2Cl)N1CC(F)F. The van der Waals surface area contributed by atoms with Gasteiger partial charge in [-0.05, 0) is 46.3 Å². The molecule has 0 bridgehead atoms. The first-order valence-corrected chi connectivity index (χ1v) is 6.85. The van der Waals surface area contributed by atoms with E-state index in [4.69, 9.17) is 11.6 Å². The van der Waals surface area contributed by atoms with E-state index in [0.29, 0.717) is 21.4 Å². The summed E-state index contributed by atoms with van der Waals surface area (Å²) < 4.78 is 39.2. The molecule has 1 aromatic carbocycles. The number of hydrogen-bond acceptors (Lipinski definition) is 1. The van der Waals surface area contributed by atoms with Crippen LogP contribution in [0.15, 0.2) is 47.1 Å². The Kier molecular flexibility index (Phi) is 4.60. The first kappa shape index (κ1) is 15.2. The summed E-state index contributed by atoms with van der Waals surface area (Å²) in [5.74, 6) is -0.480. The summed E-state index contributed by atoms with van der Waals surface area (Å²) in [5, 5.41) is 0.162. The zero-order valence-corrected chi connectivity index (χ0v) is 12.6. The van der Waals surface area contributed by atoms with Crippen LogP contribution in [0.25, 0.3) is 5.70 Å². The molecule has 0 atom stereocenters. The van der Waals surface area contributed by atoms with E-state index in [9.17, 15) is 13.2 Å². The van der Waals surface area contributed by atoms with Gasteiger partial charge in [-0.2, -0.15) is 0 Å². The minimum absolute atomic E-state index is 0.162. The topological polar surface area (TPSA) is 3.24 Å². The number of hydrogen-bond donors (Lipinski definition) is 0. The molecule has 0 aliphatic carbocycles. The molecule has 2 rings (SSSR count). The van der Waals surface area contributed by atoms with Crippen molar-refractivity contribution in [2.24, 2.45) is 0 Å². The predicted octanol–water partition coefficient (Wildman–Crippen LogP) is 5.19. The Hall–Kier alpha value is -1.20. The largest absolute Gasteiger partial charge is 0.335 e. The fourth-order valence-corrected chi connectivity index (χ4v) is 2.50. The molecule has 106 valence electrons. The molecule has 1 aliphatic heterocycles. The molecule has 0 unspecified atom stereocenters. The molecule has 0 radical (unpaired) electrons. The smallest absolute Gasteiger partial charge is 0.256 e. The van der Waals surface area contributed by atoms with Crippen LogP contribution in [0.3, 0.4) is 0 Å². The van der Waals surface area contributed by atoms with Gasteiger partial charge in [0, 0.05) is 15.7 Å². The molecule has 20 heavy (non-hydrogen) atoms. The Morgan fingerprint density at radius 2 is 2.00 bits per heavy atom. The van der Waals surface area contributed by atoms with Gasteiger partial charge >= 0.3 is 0 Å². The third-order valence-electron chi connectivity index (χ3n) is 2.81. The third-order valence-corrected chi connectivity index (χ3v) is 3.84. The average molecular weight is 365 g/mol.